The topological polar surface area (TPSA) is 44.8 Å². The number of hydrogen-bond acceptors (Lipinski definition) is 4. The van der Waals surface area contributed by atoms with E-state index in [0.29, 0.717) is 24.5 Å². The highest BCUT2D eigenvalue weighted by Gasteiger charge is 2.10. The predicted octanol–water partition coefficient (Wildman–Crippen LogP) is 3.35. The number of benzene rings is 2. The van der Waals surface area contributed by atoms with Gasteiger partial charge in [0.25, 0.3) is 0 Å². The van der Waals surface area contributed by atoms with E-state index in [-0.39, 0.29) is 0 Å². The van der Waals surface area contributed by atoms with Gasteiger partial charge < -0.3 is 14.2 Å². The summed E-state index contributed by atoms with van der Waals surface area (Å²) in [6, 6.07) is 11.1. The molecule has 0 unspecified atom stereocenters. The molecular formula is C17H18O4. The molecule has 0 aliphatic rings. The highest BCUT2D eigenvalue weighted by molar-refractivity contribution is 5.96. The number of carbonyl (C=O) groups excluding carboxylic acids is 1. The second-order valence-electron chi connectivity index (χ2n) is 4.62. The summed E-state index contributed by atoms with van der Waals surface area (Å²) >= 11 is 0. The molecule has 0 spiro atoms. The third-order valence-corrected chi connectivity index (χ3v) is 2.94. The van der Waals surface area contributed by atoms with Crippen LogP contribution in [-0.4, -0.2) is 26.3 Å². The molecule has 0 bridgehead atoms. The summed E-state index contributed by atoms with van der Waals surface area (Å²) in [6.45, 7) is 6.18. The average molecular weight is 286 g/mol. The molecule has 0 radical (unpaired) electrons. The van der Waals surface area contributed by atoms with Crippen LogP contribution in [0.4, 0.5) is 0 Å². The van der Waals surface area contributed by atoms with E-state index in [1.54, 1.807) is 20.1 Å². The molecule has 0 amide bonds. The van der Waals surface area contributed by atoms with Gasteiger partial charge in [0, 0.05) is 23.5 Å². The van der Waals surface area contributed by atoms with Crippen LogP contribution >= 0.6 is 0 Å². The van der Waals surface area contributed by atoms with Crippen molar-refractivity contribution in [1.29, 1.82) is 0 Å². The monoisotopic (exact) mass is 286 g/mol. The molecule has 0 saturated carbocycles. The molecule has 0 saturated heterocycles. The quantitative estimate of drug-likeness (QED) is 0.353. The van der Waals surface area contributed by atoms with E-state index in [1.165, 1.54) is 0 Å². The van der Waals surface area contributed by atoms with Crippen molar-refractivity contribution < 1.29 is 19.0 Å². The Bertz CT molecular complexity index is 661. The Hall–Kier alpha value is -2.33. The van der Waals surface area contributed by atoms with E-state index in [4.69, 9.17) is 14.2 Å². The first kappa shape index (κ1) is 15.1. The van der Waals surface area contributed by atoms with E-state index in [2.05, 4.69) is 6.58 Å². The summed E-state index contributed by atoms with van der Waals surface area (Å²) in [6.07, 6.45) is 0. The fourth-order valence-electron chi connectivity index (χ4n) is 1.89. The molecule has 0 heterocycles. The van der Waals surface area contributed by atoms with Crippen molar-refractivity contribution in [2.45, 2.75) is 6.92 Å². The zero-order valence-electron chi connectivity index (χ0n) is 12.2. The first-order chi connectivity index (χ1) is 10.1. The lowest BCUT2D eigenvalue weighted by molar-refractivity contribution is -0.129. The Kier molecular flexibility index (Phi) is 4.95. The van der Waals surface area contributed by atoms with Gasteiger partial charge in [-0.25, -0.2) is 4.79 Å². The molecule has 0 aliphatic carbocycles. The van der Waals surface area contributed by atoms with Crippen molar-refractivity contribution in [3.05, 3.63) is 48.6 Å². The maximum atomic E-state index is 11.7. The average Bonchev–Trinajstić information content (AvgIpc) is 2.48. The molecule has 0 N–H and O–H groups in total. The molecule has 4 heteroatoms. The normalized spacial score (nSPS) is 10.4. The highest BCUT2D eigenvalue weighted by Crippen LogP contribution is 2.32. The second kappa shape index (κ2) is 6.90. The first-order valence-corrected chi connectivity index (χ1v) is 6.64. The van der Waals surface area contributed by atoms with Crippen LogP contribution < -0.4 is 9.47 Å². The van der Waals surface area contributed by atoms with Gasteiger partial charge in [-0.05, 0) is 19.1 Å². The van der Waals surface area contributed by atoms with Crippen molar-refractivity contribution in [3.8, 4) is 11.5 Å². The van der Waals surface area contributed by atoms with E-state index in [0.717, 1.165) is 16.5 Å². The first-order valence-electron chi connectivity index (χ1n) is 6.64. The van der Waals surface area contributed by atoms with Gasteiger partial charge in [-0.2, -0.15) is 0 Å². The highest BCUT2D eigenvalue weighted by atomic mass is 16.5. The lowest BCUT2D eigenvalue weighted by Gasteiger charge is -2.11. The van der Waals surface area contributed by atoms with Gasteiger partial charge in [-0.15, -0.1) is 0 Å². The molecule has 110 valence electrons. The van der Waals surface area contributed by atoms with Gasteiger partial charge in [-0.3, -0.25) is 0 Å². The number of fused-ring (bicyclic) bond motifs is 1. The van der Waals surface area contributed by atoms with Crippen LogP contribution in [0.1, 0.15) is 6.92 Å². The molecule has 0 aliphatic heterocycles. The summed E-state index contributed by atoms with van der Waals surface area (Å²) in [4.78, 5) is 11.7. The van der Waals surface area contributed by atoms with Gasteiger partial charge in [0.05, 0.1) is 6.61 Å². The molecule has 2 aromatic rings. The Morgan fingerprint density at radius 1 is 1.05 bits per heavy atom. The van der Waals surface area contributed by atoms with E-state index >= 15 is 0 Å². The van der Waals surface area contributed by atoms with Gasteiger partial charge >= 0.3 is 5.97 Å². The van der Waals surface area contributed by atoms with Crippen molar-refractivity contribution in [2.75, 3.05) is 20.3 Å². The number of carbonyl (C=O) groups is 1. The van der Waals surface area contributed by atoms with Crippen molar-refractivity contribution in [3.63, 3.8) is 0 Å². The summed E-state index contributed by atoms with van der Waals surface area (Å²) in [5, 5.41) is 1.71. The van der Waals surface area contributed by atoms with Crippen LogP contribution in [0.25, 0.3) is 10.8 Å². The minimum absolute atomic E-state index is 0.361. The summed E-state index contributed by atoms with van der Waals surface area (Å²) < 4.78 is 16.0. The largest absolute Gasteiger partial charge is 0.491 e. The van der Waals surface area contributed by atoms with Crippen LogP contribution in [0.2, 0.25) is 0 Å². The third-order valence-electron chi connectivity index (χ3n) is 2.94. The smallest absolute Gasteiger partial charge is 0.338 e. The third kappa shape index (κ3) is 3.61. The summed E-state index contributed by atoms with van der Waals surface area (Å²) in [5.74, 6) is 0.795. The minimum atomic E-state index is -0.437. The van der Waals surface area contributed by atoms with E-state index in [1.807, 2.05) is 30.3 Å². The van der Waals surface area contributed by atoms with Crippen LogP contribution in [0.15, 0.2) is 48.6 Å². The number of esters is 1. The zero-order valence-corrected chi connectivity index (χ0v) is 12.2. The fraction of sp³-hybridized carbons (Fsp3) is 0.235. The Balaban J connectivity index is 2.34. The van der Waals surface area contributed by atoms with Crippen molar-refractivity contribution in [2.24, 2.45) is 0 Å². The van der Waals surface area contributed by atoms with Gasteiger partial charge in [0.2, 0.25) is 0 Å². The second-order valence-corrected chi connectivity index (χ2v) is 4.62. The molecule has 21 heavy (non-hydrogen) atoms. The number of rotatable bonds is 6. The molecule has 4 nitrogen and oxygen atoms in total. The maximum Gasteiger partial charge on any atom is 0.338 e. The molecular weight excluding hydrogens is 268 g/mol. The summed E-state index contributed by atoms with van der Waals surface area (Å²) in [7, 11) is 1.63. The predicted molar refractivity (Wildman–Crippen MR) is 81.8 cm³/mol. The van der Waals surface area contributed by atoms with Crippen LogP contribution in [-0.2, 0) is 9.53 Å². The lowest BCUT2D eigenvalue weighted by atomic mass is 10.1. The van der Waals surface area contributed by atoms with Crippen LogP contribution in [0, 0.1) is 0 Å². The number of ether oxygens (including phenoxy) is 3. The fourth-order valence-corrected chi connectivity index (χ4v) is 1.89. The van der Waals surface area contributed by atoms with E-state index in [9.17, 15) is 4.79 Å². The Morgan fingerprint density at radius 3 is 2.29 bits per heavy atom. The van der Waals surface area contributed by atoms with Crippen molar-refractivity contribution >= 4 is 16.7 Å². The van der Waals surface area contributed by atoms with Crippen molar-refractivity contribution in [1.82, 2.24) is 0 Å². The number of hydrogen-bond donors (Lipinski definition) is 0. The maximum absolute atomic E-state index is 11.7. The summed E-state index contributed by atoms with van der Waals surface area (Å²) in [5.41, 5.74) is 0.361. The molecule has 0 aromatic heterocycles. The SMILES string of the molecule is C=C(C)C(=O)Oc1cccc2c(OCCOC)cccc12. The molecule has 2 aromatic carbocycles. The van der Waals surface area contributed by atoms with Gasteiger partial charge in [0.15, 0.2) is 0 Å². The Labute approximate surface area is 123 Å². The standard InChI is InChI=1S/C17H18O4/c1-12(2)17(18)21-16-9-5-6-13-14(16)7-4-8-15(13)20-11-10-19-3/h4-9H,1,10-11H2,2-3H3. The van der Waals surface area contributed by atoms with E-state index < -0.39 is 5.97 Å². The van der Waals surface area contributed by atoms with Crippen LogP contribution in [0.3, 0.4) is 0 Å². The zero-order chi connectivity index (χ0) is 15.2. The minimum Gasteiger partial charge on any atom is -0.491 e. The van der Waals surface area contributed by atoms with Gasteiger partial charge in [-0.1, -0.05) is 30.8 Å². The Morgan fingerprint density at radius 2 is 1.67 bits per heavy atom. The molecule has 0 fully saturated rings. The lowest BCUT2D eigenvalue weighted by Crippen LogP contribution is -2.08. The number of methoxy groups -OCH3 is 1. The molecule has 0 atom stereocenters. The van der Waals surface area contributed by atoms with Crippen LogP contribution in [0.5, 0.6) is 11.5 Å². The molecule has 2 rings (SSSR count). The van der Waals surface area contributed by atoms with Gasteiger partial charge in [0.1, 0.15) is 18.1 Å².